The van der Waals surface area contributed by atoms with Crippen LogP contribution in [0.15, 0.2) is 12.1 Å². The molecule has 1 aromatic rings. The Morgan fingerprint density at radius 3 is 2.11 bits per heavy atom. The molecule has 0 radical (unpaired) electrons. The summed E-state index contributed by atoms with van der Waals surface area (Å²) in [6.45, 7) is 1.29. The highest BCUT2D eigenvalue weighted by Crippen LogP contribution is 2.45. The summed E-state index contributed by atoms with van der Waals surface area (Å²) in [7, 11) is 2.91. The van der Waals surface area contributed by atoms with Crippen molar-refractivity contribution in [2.45, 2.75) is 19.3 Å². The molecule has 98 valence electrons. The van der Waals surface area contributed by atoms with Crippen LogP contribution in [-0.4, -0.2) is 31.6 Å². The number of carbonyl (C=O) groups is 1. The van der Waals surface area contributed by atoms with Gasteiger partial charge in [0.15, 0.2) is 17.8 Å². The number of esters is 1. The summed E-state index contributed by atoms with van der Waals surface area (Å²) < 4.78 is 20.3. The fourth-order valence-corrected chi connectivity index (χ4v) is 1.66. The summed E-state index contributed by atoms with van der Waals surface area (Å²) in [4.78, 5) is 11.0. The quantitative estimate of drug-likeness (QED) is 0.491. The van der Waals surface area contributed by atoms with E-state index in [4.69, 9.17) is 18.9 Å². The first-order chi connectivity index (χ1) is 8.56. The Balaban J connectivity index is 2.41. The number of rotatable bonds is 4. The first-order valence-corrected chi connectivity index (χ1v) is 5.34. The molecule has 1 N–H and O–H groups in total. The fourth-order valence-electron chi connectivity index (χ4n) is 1.66. The molecule has 0 aliphatic carbocycles. The maximum Gasteiger partial charge on any atom is 0.308 e. The Kier molecular flexibility index (Phi) is 3.40. The maximum absolute atomic E-state index is 11.0. The smallest absolute Gasteiger partial charge is 0.308 e. The van der Waals surface area contributed by atoms with E-state index in [1.54, 1.807) is 12.1 Å². The molecule has 1 aliphatic heterocycles. The lowest BCUT2D eigenvalue weighted by Gasteiger charge is -2.13. The summed E-state index contributed by atoms with van der Waals surface area (Å²) in [5.41, 5.74) is 0.701. The Morgan fingerprint density at radius 2 is 1.78 bits per heavy atom. The number of aliphatic hydroxyl groups is 1. The Labute approximate surface area is 104 Å². The molecule has 1 heterocycles. The van der Waals surface area contributed by atoms with Crippen LogP contribution in [0.2, 0.25) is 0 Å². The van der Waals surface area contributed by atoms with Crippen molar-refractivity contribution in [3.8, 4) is 17.2 Å². The summed E-state index contributed by atoms with van der Waals surface area (Å²) in [5, 5.41) is 9.23. The lowest BCUT2D eigenvalue weighted by molar-refractivity contribution is -0.132. The van der Waals surface area contributed by atoms with Crippen LogP contribution in [-0.2, 0) is 9.53 Å². The molecular weight excluding hydrogens is 240 g/mol. The van der Waals surface area contributed by atoms with Gasteiger partial charge in [-0.1, -0.05) is 0 Å². The van der Waals surface area contributed by atoms with Gasteiger partial charge in [0.2, 0.25) is 5.75 Å². The van der Waals surface area contributed by atoms with Crippen LogP contribution in [0.3, 0.4) is 0 Å². The largest absolute Gasteiger partial charge is 0.493 e. The SMILES string of the molecule is COc1cc(C2OC2O)cc(OC)c1OC(C)=O. The second-order valence-corrected chi connectivity index (χ2v) is 3.80. The van der Waals surface area contributed by atoms with Gasteiger partial charge < -0.3 is 24.1 Å². The van der Waals surface area contributed by atoms with Gasteiger partial charge in [0, 0.05) is 6.92 Å². The molecule has 18 heavy (non-hydrogen) atoms. The third kappa shape index (κ3) is 2.39. The van der Waals surface area contributed by atoms with Crippen molar-refractivity contribution >= 4 is 5.97 Å². The second-order valence-electron chi connectivity index (χ2n) is 3.80. The number of benzene rings is 1. The first-order valence-electron chi connectivity index (χ1n) is 5.34. The molecule has 0 bridgehead atoms. The van der Waals surface area contributed by atoms with Crippen LogP contribution in [0.25, 0.3) is 0 Å². The van der Waals surface area contributed by atoms with Gasteiger partial charge >= 0.3 is 5.97 Å². The standard InChI is InChI=1S/C12H14O6/c1-6(13)17-11-8(15-2)4-7(5-9(11)16-3)10-12(14)18-10/h4-5,10,12,14H,1-3H3. The van der Waals surface area contributed by atoms with Crippen molar-refractivity contribution < 1.29 is 28.8 Å². The van der Waals surface area contributed by atoms with E-state index in [-0.39, 0.29) is 11.9 Å². The van der Waals surface area contributed by atoms with Gasteiger partial charge in [0.25, 0.3) is 0 Å². The summed E-state index contributed by atoms with van der Waals surface area (Å²) >= 11 is 0. The molecule has 2 rings (SSSR count). The molecule has 6 nitrogen and oxygen atoms in total. The van der Waals surface area contributed by atoms with Gasteiger partial charge in [-0.15, -0.1) is 0 Å². The highest BCUT2D eigenvalue weighted by Gasteiger charge is 2.39. The lowest BCUT2D eigenvalue weighted by atomic mass is 10.1. The van der Waals surface area contributed by atoms with Gasteiger partial charge in [0.05, 0.1) is 14.2 Å². The minimum absolute atomic E-state index is 0.214. The highest BCUT2D eigenvalue weighted by molar-refractivity contribution is 5.72. The number of carbonyl (C=O) groups excluding carboxylic acids is 1. The fraction of sp³-hybridized carbons (Fsp3) is 0.417. The third-order valence-corrected chi connectivity index (χ3v) is 2.53. The molecule has 1 aromatic carbocycles. The zero-order valence-electron chi connectivity index (χ0n) is 10.3. The zero-order chi connectivity index (χ0) is 13.3. The van der Waals surface area contributed by atoms with Crippen molar-refractivity contribution in [1.29, 1.82) is 0 Å². The average molecular weight is 254 g/mol. The third-order valence-electron chi connectivity index (χ3n) is 2.53. The Bertz CT molecular complexity index is 445. The Hall–Kier alpha value is -1.79. The van der Waals surface area contributed by atoms with E-state index in [1.807, 2.05) is 0 Å². The average Bonchev–Trinajstić information content (AvgIpc) is 3.06. The van der Waals surface area contributed by atoms with Crippen molar-refractivity contribution in [1.82, 2.24) is 0 Å². The van der Waals surface area contributed by atoms with Crippen molar-refractivity contribution in [3.05, 3.63) is 17.7 Å². The predicted molar refractivity (Wildman–Crippen MR) is 60.7 cm³/mol. The van der Waals surface area contributed by atoms with Crippen LogP contribution in [0.4, 0.5) is 0 Å². The van der Waals surface area contributed by atoms with E-state index >= 15 is 0 Å². The number of ether oxygens (including phenoxy) is 4. The van der Waals surface area contributed by atoms with Crippen LogP contribution in [0, 0.1) is 0 Å². The van der Waals surface area contributed by atoms with Crippen molar-refractivity contribution in [3.63, 3.8) is 0 Å². The summed E-state index contributed by atoms with van der Waals surface area (Å²) in [5.74, 6) is 0.443. The van der Waals surface area contributed by atoms with Gasteiger partial charge in [-0.05, 0) is 17.7 Å². The molecular formula is C12H14O6. The lowest BCUT2D eigenvalue weighted by Crippen LogP contribution is -2.05. The number of epoxide rings is 1. The van der Waals surface area contributed by atoms with Gasteiger partial charge in [-0.25, -0.2) is 0 Å². The normalized spacial score (nSPS) is 21.3. The van der Waals surface area contributed by atoms with Crippen LogP contribution >= 0.6 is 0 Å². The molecule has 0 saturated carbocycles. The van der Waals surface area contributed by atoms with E-state index in [1.165, 1.54) is 21.1 Å². The molecule has 0 aromatic heterocycles. The van der Waals surface area contributed by atoms with E-state index in [2.05, 4.69) is 0 Å². The predicted octanol–water partition coefficient (Wildman–Crippen LogP) is 1.02. The monoisotopic (exact) mass is 254 g/mol. The molecule has 0 spiro atoms. The number of hydrogen-bond donors (Lipinski definition) is 1. The van der Waals surface area contributed by atoms with Gasteiger partial charge in [-0.3, -0.25) is 4.79 Å². The zero-order valence-corrected chi connectivity index (χ0v) is 10.3. The first kappa shape index (κ1) is 12.7. The van der Waals surface area contributed by atoms with Gasteiger partial charge in [-0.2, -0.15) is 0 Å². The maximum atomic E-state index is 11.0. The van der Waals surface area contributed by atoms with Crippen LogP contribution < -0.4 is 14.2 Å². The van der Waals surface area contributed by atoms with Crippen LogP contribution in [0.5, 0.6) is 17.2 Å². The van der Waals surface area contributed by atoms with E-state index in [9.17, 15) is 9.90 Å². The molecule has 1 aliphatic rings. The van der Waals surface area contributed by atoms with E-state index in [0.717, 1.165) is 0 Å². The molecule has 2 atom stereocenters. The number of aliphatic hydroxyl groups excluding tert-OH is 1. The van der Waals surface area contributed by atoms with E-state index < -0.39 is 12.3 Å². The van der Waals surface area contributed by atoms with Gasteiger partial charge in [0.1, 0.15) is 6.10 Å². The number of methoxy groups -OCH3 is 2. The van der Waals surface area contributed by atoms with E-state index in [0.29, 0.717) is 17.1 Å². The summed E-state index contributed by atoms with van der Waals surface area (Å²) in [6.07, 6.45) is -1.20. The number of hydrogen-bond acceptors (Lipinski definition) is 6. The molecule has 1 fully saturated rings. The molecule has 1 saturated heterocycles. The minimum Gasteiger partial charge on any atom is -0.493 e. The highest BCUT2D eigenvalue weighted by atomic mass is 16.7. The molecule has 0 amide bonds. The van der Waals surface area contributed by atoms with Crippen molar-refractivity contribution in [2.24, 2.45) is 0 Å². The van der Waals surface area contributed by atoms with Crippen molar-refractivity contribution in [2.75, 3.05) is 14.2 Å². The molecule has 6 heteroatoms. The minimum atomic E-state index is -0.806. The summed E-state index contributed by atoms with van der Waals surface area (Å²) in [6, 6.07) is 3.28. The Morgan fingerprint density at radius 1 is 1.28 bits per heavy atom. The topological polar surface area (TPSA) is 77.5 Å². The second kappa shape index (κ2) is 4.83. The molecule has 2 unspecified atom stereocenters. The van der Waals surface area contributed by atoms with Crippen LogP contribution in [0.1, 0.15) is 18.6 Å².